The van der Waals surface area contributed by atoms with Crippen molar-refractivity contribution < 1.29 is 27.0 Å². The summed E-state index contributed by atoms with van der Waals surface area (Å²) in [5.41, 5.74) is 2.89. The van der Waals surface area contributed by atoms with Crippen molar-refractivity contribution in [3.8, 4) is 5.75 Å². The standard InChI is InChI=1S/C18H13N5O6S2/c1-9-2-7-12-14(30-8-19-12)15(9)31(27,28)29-11-5-3-10(4-6-11)22-23-13-16(24)20-18(26)21-17(13)25/h2-8,13H,1H3,(H2,20,21,24,25,26). The molecule has 4 amide bonds. The Morgan fingerprint density at radius 3 is 2.39 bits per heavy atom. The highest BCUT2D eigenvalue weighted by atomic mass is 32.2. The molecule has 13 heteroatoms. The second-order valence-corrected chi connectivity index (χ2v) is 8.71. The molecule has 0 radical (unpaired) electrons. The molecule has 1 aliphatic rings. The second kappa shape index (κ2) is 7.85. The average Bonchev–Trinajstić information content (AvgIpc) is 3.16. The molecule has 0 atom stereocenters. The van der Waals surface area contributed by atoms with Crippen LogP contribution < -0.4 is 14.8 Å². The van der Waals surface area contributed by atoms with Gasteiger partial charge in [-0.25, -0.2) is 9.78 Å². The van der Waals surface area contributed by atoms with Crippen LogP contribution in [0.2, 0.25) is 0 Å². The fourth-order valence-corrected chi connectivity index (χ4v) is 5.26. The molecule has 0 unspecified atom stereocenters. The zero-order valence-corrected chi connectivity index (χ0v) is 17.4. The number of carbonyl (C=O) groups is 3. The van der Waals surface area contributed by atoms with Gasteiger partial charge in [-0.05, 0) is 42.8 Å². The molecule has 0 aliphatic carbocycles. The van der Waals surface area contributed by atoms with Gasteiger partial charge in [-0.1, -0.05) is 6.07 Å². The van der Waals surface area contributed by atoms with E-state index in [0.29, 0.717) is 15.8 Å². The minimum absolute atomic E-state index is 0.0404. The van der Waals surface area contributed by atoms with Gasteiger partial charge < -0.3 is 4.18 Å². The fraction of sp³-hybridized carbons (Fsp3) is 0.111. The lowest BCUT2D eigenvalue weighted by Crippen LogP contribution is -2.57. The number of nitrogens with zero attached hydrogens (tertiary/aromatic N) is 3. The van der Waals surface area contributed by atoms with Crippen molar-refractivity contribution in [1.82, 2.24) is 15.6 Å². The Hall–Kier alpha value is -3.71. The number of amides is 4. The van der Waals surface area contributed by atoms with Crippen molar-refractivity contribution in [1.29, 1.82) is 0 Å². The van der Waals surface area contributed by atoms with Crippen LogP contribution in [0.25, 0.3) is 10.2 Å². The van der Waals surface area contributed by atoms with Crippen molar-refractivity contribution in [3.05, 3.63) is 47.5 Å². The maximum atomic E-state index is 12.8. The van der Waals surface area contributed by atoms with E-state index in [0.717, 1.165) is 0 Å². The number of urea groups is 1. The lowest BCUT2D eigenvalue weighted by molar-refractivity contribution is -0.131. The Bertz CT molecular complexity index is 1330. The Morgan fingerprint density at radius 1 is 1.03 bits per heavy atom. The topological polar surface area (TPSA) is 156 Å². The first kappa shape index (κ1) is 20.6. The third-order valence-corrected chi connectivity index (χ3v) is 6.63. The zero-order chi connectivity index (χ0) is 22.2. The number of imide groups is 2. The normalized spacial score (nSPS) is 15.3. The maximum absolute atomic E-state index is 12.8. The summed E-state index contributed by atoms with van der Waals surface area (Å²) in [6, 6.07) is 6.49. The van der Waals surface area contributed by atoms with Crippen LogP contribution in [-0.2, 0) is 19.7 Å². The van der Waals surface area contributed by atoms with Gasteiger partial charge in [0.25, 0.3) is 11.8 Å². The number of aryl methyl sites for hydroxylation is 1. The van der Waals surface area contributed by atoms with Crippen LogP contribution in [0.5, 0.6) is 5.75 Å². The SMILES string of the molecule is Cc1ccc2ncsc2c1S(=O)(=O)Oc1ccc(N=NC2C(=O)NC(=O)NC2=O)cc1. The monoisotopic (exact) mass is 459 g/mol. The van der Waals surface area contributed by atoms with Crippen molar-refractivity contribution >= 4 is 55.2 Å². The lowest BCUT2D eigenvalue weighted by Gasteiger charge is -2.16. The summed E-state index contributed by atoms with van der Waals surface area (Å²) in [6.45, 7) is 1.67. The lowest BCUT2D eigenvalue weighted by atomic mass is 10.2. The van der Waals surface area contributed by atoms with Crippen molar-refractivity contribution in [2.75, 3.05) is 0 Å². The van der Waals surface area contributed by atoms with Crippen molar-refractivity contribution in [2.24, 2.45) is 10.2 Å². The molecule has 31 heavy (non-hydrogen) atoms. The summed E-state index contributed by atoms with van der Waals surface area (Å²) in [4.78, 5) is 38.5. The van der Waals surface area contributed by atoms with E-state index < -0.39 is 34.0 Å². The number of carbonyl (C=O) groups excluding carboxylic acids is 3. The largest absolute Gasteiger partial charge is 0.379 e. The molecule has 2 aromatic carbocycles. The molecule has 1 aromatic heterocycles. The highest BCUT2D eigenvalue weighted by molar-refractivity contribution is 7.87. The Morgan fingerprint density at radius 2 is 1.71 bits per heavy atom. The Balaban J connectivity index is 1.53. The molecule has 0 spiro atoms. The average molecular weight is 459 g/mol. The summed E-state index contributed by atoms with van der Waals surface area (Å²) in [5.74, 6) is -1.74. The van der Waals surface area contributed by atoms with Gasteiger partial charge >= 0.3 is 16.1 Å². The van der Waals surface area contributed by atoms with Crippen molar-refractivity contribution in [3.63, 3.8) is 0 Å². The van der Waals surface area contributed by atoms with E-state index in [2.05, 4.69) is 15.2 Å². The van der Waals surface area contributed by atoms with E-state index in [4.69, 9.17) is 4.18 Å². The molecule has 1 fully saturated rings. The summed E-state index contributed by atoms with van der Waals surface area (Å²) in [5, 5.41) is 11.2. The van der Waals surface area contributed by atoms with E-state index in [1.165, 1.54) is 35.6 Å². The number of rotatable bonds is 5. The fourth-order valence-electron chi connectivity index (χ4n) is 2.79. The van der Waals surface area contributed by atoms with E-state index in [9.17, 15) is 22.8 Å². The van der Waals surface area contributed by atoms with Gasteiger partial charge in [0, 0.05) is 0 Å². The van der Waals surface area contributed by atoms with Gasteiger partial charge in [0.05, 0.1) is 21.4 Å². The van der Waals surface area contributed by atoms with Gasteiger partial charge in [-0.2, -0.15) is 18.6 Å². The molecule has 0 saturated carbocycles. The number of thiazole rings is 1. The first-order valence-electron chi connectivity index (χ1n) is 8.68. The first-order chi connectivity index (χ1) is 14.7. The van der Waals surface area contributed by atoms with E-state index in [1.54, 1.807) is 24.6 Å². The summed E-state index contributed by atoms with van der Waals surface area (Å²) < 4.78 is 31.5. The summed E-state index contributed by atoms with van der Waals surface area (Å²) in [6.07, 6.45) is 0. The smallest absolute Gasteiger partial charge is 0.340 e. The van der Waals surface area contributed by atoms with Crippen LogP contribution in [0.1, 0.15) is 5.56 Å². The zero-order valence-electron chi connectivity index (χ0n) is 15.7. The molecule has 2 heterocycles. The van der Waals surface area contributed by atoms with Gasteiger partial charge in [-0.3, -0.25) is 20.2 Å². The molecule has 2 N–H and O–H groups in total. The summed E-state index contributed by atoms with van der Waals surface area (Å²) >= 11 is 1.20. The predicted octanol–water partition coefficient (Wildman–Crippen LogP) is 2.19. The molecule has 0 bridgehead atoms. The van der Waals surface area contributed by atoms with E-state index >= 15 is 0 Å². The minimum atomic E-state index is -4.12. The quantitative estimate of drug-likeness (QED) is 0.336. The molecule has 1 saturated heterocycles. The molecule has 3 aromatic rings. The molecular formula is C18H13N5O6S2. The second-order valence-electron chi connectivity index (χ2n) is 6.37. The molecule has 1 aliphatic heterocycles. The number of hydrogen-bond donors (Lipinski definition) is 2. The Labute approximate surface area is 179 Å². The molecule has 158 valence electrons. The Kier molecular flexibility index (Phi) is 5.20. The number of nitrogens with one attached hydrogen (secondary N) is 2. The third-order valence-electron chi connectivity index (χ3n) is 4.20. The van der Waals surface area contributed by atoms with Crippen LogP contribution in [0.4, 0.5) is 10.5 Å². The third kappa shape index (κ3) is 4.13. The highest BCUT2D eigenvalue weighted by Gasteiger charge is 2.34. The number of benzene rings is 2. The van der Waals surface area contributed by atoms with Gasteiger partial charge in [0.1, 0.15) is 10.6 Å². The molecule has 11 nitrogen and oxygen atoms in total. The number of aromatic nitrogens is 1. The van der Waals surface area contributed by atoms with Crippen LogP contribution in [0.3, 0.4) is 0 Å². The van der Waals surface area contributed by atoms with Gasteiger partial charge in [0.2, 0.25) is 6.04 Å². The predicted molar refractivity (Wildman–Crippen MR) is 109 cm³/mol. The van der Waals surface area contributed by atoms with Crippen LogP contribution in [0.15, 0.2) is 57.0 Å². The molecule has 4 rings (SSSR count). The molecular weight excluding hydrogens is 446 g/mol. The first-order valence-corrected chi connectivity index (χ1v) is 11.0. The highest BCUT2D eigenvalue weighted by Crippen LogP contribution is 2.31. The van der Waals surface area contributed by atoms with Crippen LogP contribution >= 0.6 is 11.3 Å². The number of fused-ring (bicyclic) bond motifs is 1. The van der Waals surface area contributed by atoms with Crippen molar-refractivity contribution in [2.45, 2.75) is 17.9 Å². The van der Waals surface area contributed by atoms with Gasteiger partial charge in [0.15, 0.2) is 0 Å². The number of barbiturate groups is 1. The number of hydrogen-bond acceptors (Lipinski definition) is 10. The van der Waals surface area contributed by atoms with Crippen LogP contribution in [0, 0.1) is 6.92 Å². The minimum Gasteiger partial charge on any atom is -0.379 e. The van der Waals surface area contributed by atoms with Crippen LogP contribution in [-0.4, -0.2) is 37.3 Å². The summed E-state index contributed by atoms with van der Waals surface area (Å²) in [7, 11) is -4.12. The van der Waals surface area contributed by atoms with E-state index in [1.807, 2.05) is 10.6 Å². The van der Waals surface area contributed by atoms with E-state index in [-0.39, 0.29) is 16.3 Å². The van der Waals surface area contributed by atoms with Gasteiger partial charge in [-0.15, -0.1) is 11.3 Å². The maximum Gasteiger partial charge on any atom is 0.340 e. The number of azo groups is 1.